The Bertz CT molecular complexity index is 620. The highest BCUT2D eigenvalue weighted by Crippen LogP contribution is 2.20. The third-order valence-electron chi connectivity index (χ3n) is 2.64. The summed E-state index contributed by atoms with van der Waals surface area (Å²) in [5.74, 6) is 0.215. The van der Waals surface area contributed by atoms with Crippen molar-refractivity contribution in [2.24, 2.45) is 0 Å². The molecule has 0 radical (unpaired) electrons. The Labute approximate surface area is 122 Å². The van der Waals surface area contributed by atoms with Crippen LogP contribution in [0.2, 0.25) is 0 Å². The van der Waals surface area contributed by atoms with E-state index < -0.39 is 0 Å². The minimum absolute atomic E-state index is 0.200. The smallest absolute Gasteiger partial charge is 0.323 e. The molecule has 0 atom stereocenters. The van der Waals surface area contributed by atoms with Gasteiger partial charge in [-0.3, -0.25) is 0 Å². The van der Waals surface area contributed by atoms with Crippen LogP contribution in [0, 0.1) is 12.7 Å². The van der Waals surface area contributed by atoms with E-state index in [1.165, 1.54) is 6.07 Å². The minimum Gasteiger partial charge on any atom is -0.463 e. The summed E-state index contributed by atoms with van der Waals surface area (Å²) < 4.78 is 19.2. The van der Waals surface area contributed by atoms with Crippen LogP contribution in [0.4, 0.5) is 22.0 Å². The number of anilines is 3. The molecule has 1 heterocycles. The molecule has 0 aliphatic heterocycles. The van der Waals surface area contributed by atoms with E-state index in [4.69, 9.17) is 4.74 Å². The molecule has 0 bridgehead atoms. The van der Waals surface area contributed by atoms with E-state index in [2.05, 4.69) is 25.6 Å². The second-order valence-corrected chi connectivity index (χ2v) is 4.47. The number of hydrogen-bond donors (Lipinski definition) is 2. The Morgan fingerprint density at radius 1 is 1.19 bits per heavy atom. The van der Waals surface area contributed by atoms with Crippen LogP contribution >= 0.6 is 0 Å². The van der Waals surface area contributed by atoms with E-state index in [1.807, 2.05) is 13.8 Å². The fourth-order valence-corrected chi connectivity index (χ4v) is 1.62. The number of ether oxygens (including phenoxy) is 1. The maximum absolute atomic E-state index is 13.8. The summed E-state index contributed by atoms with van der Waals surface area (Å²) in [6.07, 6.45) is 0.843. The number of nitrogens with one attached hydrogen (secondary N) is 2. The highest BCUT2D eigenvalue weighted by molar-refractivity contribution is 5.55. The van der Waals surface area contributed by atoms with Gasteiger partial charge < -0.3 is 15.4 Å². The SMILES string of the molecule is CCCOc1nc(NC)nc(Nc2ccc(C)cc2F)n1. The zero-order valence-corrected chi connectivity index (χ0v) is 12.3. The standard InChI is InChI=1S/C14H18FN5O/c1-4-7-21-14-19-12(16-3)18-13(20-14)17-11-6-5-9(2)8-10(11)15/h5-6,8H,4,7H2,1-3H3,(H2,16,17,18,19,20). The van der Waals surface area contributed by atoms with Crippen molar-refractivity contribution in [2.75, 3.05) is 24.3 Å². The molecular weight excluding hydrogens is 273 g/mol. The van der Waals surface area contributed by atoms with Crippen molar-refractivity contribution < 1.29 is 9.13 Å². The van der Waals surface area contributed by atoms with Gasteiger partial charge in [0.2, 0.25) is 11.9 Å². The van der Waals surface area contributed by atoms with Gasteiger partial charge in [-0.05, 0) is 31.0 Å². The first-order chi connectivity index (χ1) is 10.1. The maximum Gasteiger partial charge on any atom is 0.323 e. The van der Waals surface area contributed by atoms with E-state index in [0.29, 0.717) is 18.2 Å². The van der Waals surface area contributed by atoms with Gasteiger partial charge in [0.1, 0.15) is 5.82 Å². The number of nitrogens with zero attached hydrogens (tertiary/aromatic N) is 3. The van der Waals surface area contributed by atoms with Gasteiger partial charge in [-0.15, -0.1) is 0 Å². The number of halogens is 1. The van der Waals surface area contributed by atoms with Crippen LogP contribution in [0.3, 0.4) is 0 Å². The molecule has 6 nitrogen and oxygen atoms in total. The minimum atomic E-state index is -0.363. The number of hydrogen-bond acceptors (Lipinski definition) is 6. The molecule has 21 heavy (non-hydrogen) atoms. The van der Waals surface area contributed by atoms with Gasteiger partial charge in [0.05, 0.1) is 12.3 Å². The first-order valence-corrected chi connectivity index (χ1v) is 6.72. The molecular formula is C14H18FN5O. The molecule has 0 amide bonds. The Morgan fingerprint density at radius 2 is 1.95 bits per heavy atom. The molecule has 2 rings (SSSR count). The van der Waals surface area contributed by atoms with Crippen molar-refractivity contribution in [2.45, 2.75) is 20.3 Å². The van der Waals surface area contributed by atoms with Crippen LogP contribution in [0.25, 0.3) is 0 Å². The van der Waals surface area contributed by atoms with E-state index in [1.54, 1.807) is 19.2 Å². The van der Waals surface area contributed by atoms with E-state index in [0.717, 1.165) is 12.0 Å². The Hall–Kier alpha value is -2.44. The predicted octanol–water partition coefficient (Wildman–Crippen LogP) is 2.89. The van der Waals surface area contributed by atoms with Gasteiger partial charge in [-0.25, -0.2) is 4.39 Å². The first-order valence-electron chi connectivity index (χ1n) is 6.72. The third kappa shape index (κ3) is 4.01. The molecule has 112 valence electrons. The molecule has 2 N–H and O–H groups in total. The summed E-state index contributed by atoms with van der Waals surface area (Å²) in [4.78, 5) is 12.3. The third-order valence-corrected chi connectivity index (χ3v) is 2.64. The molecule has 0 saturated heterocycles. The molecule has 0 spiro atoms. The number of aromatic nitrogens is 3. The largest absolute Gasteiger partial charge is 0.463 e. The van der Waals surface area contributed by atoms with Crippen molar-refractivity contribution in [1.82, 2.24) is 15.0 Å². The second kappa shape index (κ2) is 6.83. The highest BCUT2D eigenvalue weighted by atomic mass is 19.1. The van der Waals surface area contributed by atoms with E-state index in [9.17, 15) is 4.39 Å². The highest BCUT2D eigenvalue weighted by Gasteiger charge is 2.09. The van der Waals surface area contributed by atoms with Crippen molar-refractivity contribution in [1.29, 1.82) is 0 Å². The van der Waals surface area contributed by atoms with Crippen LogP contribution < -0.4 is 15.4 Å². The Balaban J connectivity index is 2.25. The number of rotatable bonds is 6. The van der Waals surface area contributed by atoms with Gasteiger partial charge >= 0.3 is 6.01 Å². The van der Waals surface area contributed by atoms with Crippen LogP contribution in [0.15, 0.2) is 18.2 Å². The first kappa shape index (κ1) is 15.0. The fraction of sp³-hybridized carbons (Fsp3) is 0.357. The Kier molecular flexibility index (Phi) is 4.86. The summed E-state index contributed by atoms with van der Waals surface area (Å²) >= 11 is 0. The fourth-order valence-electron chi connectivity index (χ4n) is 1.62. The van der Waals surface area contributed by atoms with Crippen LogP contribution in [-0.2, 0) is 0 Å². The van der Waals surface area contributed by atoms with E-state index in [-0.39, 0.29) is 17.8 Å². The lowest BCUT2D eigenvalue weighted by Crippen LogP contribution is -2.08. The predicted molar refractivity (Wildman–Crippen MR) is 79.6 cm³/mol. The molecule has 1 aromatic carbocycles. The molecule has 2 aromatic rings. The van der Waals surface area contributed by atoms with Crippen LogP contribution in [-0.4, -0.2) is 28.6 Å². The zero-order valence-electron chi connectivity index (χ0n) is 12.3. The van der Waals surface area contributed by atoms with Crippen LogP contribution in [0.5, 0.6) is 6.01 Å². The quantitative estimate of drug-likeness (QED) is 0.852. The summed E-state index contributed by atoms with van der Waals surface area (Å²) in [7, 11) is 1.69. The van der Waals surface area contributed by atoms with Gasteiger partial charge in [0, 0.05) is 7.05 Å². The average Bonchev–Trinajstić information content (AvgIpc) is 2.48. The monoisotopic (exact) mass is 291 g/mol. The number of aryl methyl sites for hydroxylation is 1. The summed E-state index contributed by atoms with van der Waals surface area (Å²) in [5.41, 5.74) is 1.15. The molecule has 1 aromatic heterocycles. The molecule has 0 unspecified atom stereocenters. The molecule has 0 fully saturated rings. The zero-order chi connectivity index (χ0) is 15.2. The summed E-state index contributed by atoms with van der Waals surface area (Å²) in [6, 6.07) is 5.09. The van der Waals surface area contributed by atoms with Crippen molar-refractivity contribution in [3.05, 3.63) is 29.6 Å². The molecule has 7 heteroatoms. The number of benzene rings is 1. The maximum atomic E-state index is 13.8. The van der Waals surface area contributed by atoms with Gasteiger partial charge in [0.15, 0.2) is 0 Å². The molecule has 0 saturated carbocycles. The topological polar surface area (TPSA) is 72.0 Å². The van der Waals surface area contributed by atoms with Crippen molar-refractivity contribution in [3.63, 3.8) is 0 Å². The lowest BCUT2D eigenvalue weighted by Gasteiger charge is -2.10. The van der Waals surface area contributed by atoms with Gasteiger partial charge in [-0.1, -0.05) is 13.0 Å². The normalized spacial score (nSPS) is 10.3. The summed E-state index contributed by atoms with van der Waals surface area (Å²) in [5, 5.41) is 5.65. The molecule has 0 aliphatic rings. The van der Waals surface area contributed by atoms with E-state index >= 15 is 0 Å². The van der Waals surface area contributed by atoms with Crippen LogP contribution in [0.1, 0.15) is 18.9 Å². The van der Waals surface area contributed by atoms with Crippen molar-refractivity contribution >= 4 is 17.6 Å². The Morgan fingerprint density at radius 3 is 2.62 bits per heavy atom. The van der Waals surface area contributed by atoms with Gasteiger partial charge in [-0.2, -0.15) is 15.0 Å². The average molecular weight is 291 g/mol. The lowest BCUT2D eigenvalue weighted by molar-refractivity contribution is 0.292. The second-order valence-electron chi connectivity index (χ2n) is 4.47. The summed E-state index contributed by atoms with van der Waals surface area (Å²) in [6.45, 7) is 4.32. The molecule has 0 aliphatic carbocycles. The lowest BCUT2D eigenvalue weighted by atomic mass is 10.2. The van der Waals surface area contributed by atoms with Crippen molar-refractivity contribution in [3.8, 4) is 6.01 Å². The van der Waals surface area contributed by atoms with Gasteiger partial charge in [0.25, 0.3) is 0 Å².